The van der Waals surface area contributed by atoms with E-state index in [4.69, 9.17) is 27.9 Å². The van der Waals surface area contributed by atoms with Crippen LogP contribution in [0.2, 0.25) is 10.0 Å². The van der Waals surface area contributed by atoms with Crippen molar-refractivity contribution < 1.29 is 14.3 Å². The van der Waals surface area contributed by atoms with E-state index in [0.717, 1.165) is 12.8 Å². The van der Waals surface area contributed by atoms with Gasteiger partial charge in [0.15, 0.2) is 11.5 Å². The maximum Gasteiger partial charge on any atom is 0.255 e. The summed E-state index contributed by atoms with van der Waals surface area (Å²) in [6.45, 7) is 2.08. The Hall–Kier alpha value is -2.04. The second kappa shape index (κ2) is 7.46. The SMILES string of the molecule is CC(=O)c1ccc(NC(=O)c2cc(Cl)c(OCC3CC3)c(Cl)c2)cc1. The number of hydrogen-bond donors (Lipinski definition) is 1. The Bertz CT molecular complexity index is 791. The maximum absolute atomic E-state index is 12.4. The zero-order valence-corrected chi connectivity index (χ0v) is 15.2. The number of rotatable bonds is 6. The van der Waals surface area contributed by atoms with E-state index in [2.05, 4.69) is 5.32 Å². The average molecular weight is 378 g/mol. The highest BCUT2D eigenvalue weighted by atomic mass is 35.5. The van der Waals surface area contributed by atoms with Crippen molar-refractivity contribution >= 4 is 40.6 Å². The van der Waals surface area contributed by atoms with E-state index in [1.54, 1.807) is 24.3 Å². The molecule has 0 heterocycles. The summed E-state index contributed by atoms with van der Waals surface area (Å²) in [7, 11) is 0. The fraction of sp³-hybridized carbons (Fsp3) is 0.263. The highest BCUT2D eigenvalue weighted by Crippen LogP contribution is 2.37. The number of anilines is 1. The van der Waals surface area contributed by atoms with Gasteiger partial charge in [-0.1, -0.05) is 23.2 Å². The first-order valence-corrected chi connectivity index (χ1v) is 8.74. The molecule has 25 heavy (non-hydrogen) atoms. The molecule has 1 amide bonds. The van der Waals surface area contributed by atoms with Crippen LogP contribution < -0.4 is 10.1 Å². The van der Waals surface area contributed by atoms with Gasteiger partial charge in [0.25, 0.3) is 5.91 Å². The third-order valence-corrected chi connectivity index (χ3v) is 4.53. The first-order valence-electron chi connectivity index (χ1n) is 7.98. The molecule has 4 nitrogen and oxygen atoms in total. The van der Waals surface area contributed by atoms with Crippen molar-refractivity contribution in [1.82, 2.24) is 0 Å². The van der Waals surface area contributed by atoms with Crippen LogP contribution >= 0.6 is 23.2 Å². The molecule has 0 aromatic heterocycles. The molecule has 2 aromatic rings. The van der Waals surface area contributed by atoms with Gasteiger partial charge in [0.05, 0.1) is 16.7 Å². The number of nitrogens with one attached hydrogen (secondary N) is 1. The Labute approximate surface area is 156 Å². The minimum absolute atomic E-state index is 0.0294. The van der Waals surface area contributed by atoms with Crippen molar-refractivity contribution in [3.05, 3.63) is 57.6 Å². The summed E-state index contributed by atoms with van der Waals surface area (Å²) < 4.78 is 5.65. The lowest BCUT2D eigenvalue weighted by molar-refractivity contribution is 0.101. The average Bonchev–Trinajstić information content (AvgIpc) is 3.38. The van der Waals surface area contributed by atoms with E-state index in [-0.39, 0.29) is 11.7 Å². The Balaban J connectivity index is 1.71. The van der Waals surface area contributed by atoms with E-state index < -0.39 is 0 Å². The molecule has 0 saturated heterocycles. The highest BCUT2D eigenvalue weighted by Gasteiger charge is 2.23. The predicted molar refractivity (Wildman–Crippen MR) is 99.1 cm³/mol. The van der Waals surface area contributed by atoms with E-state index in [0.29, 0.717) is 45.1 Å². The van der Waals surface area contributed by atoms with Gasteiger partial charge in [0, 0.05) is 16.8 Å². The molecule has 1 aliphatic carbocycles. The smallest absolute Gasteiger partial charge is 0.255 e. The van der Waals surface area contributed by atoms with Crippen LogP contribution in [0.5, 0.6) is 5.75 Å². The van der Waals surface area contributed by atoms with Gasteiger partial charge in [-0.3, -0.25) is 9.59 Å². The minimum Gasteiger partial charge on any atom is -0.490 e. The number of Topliss-reactive ketones (excluding diaryl/α,β-unsaturated/α-hetero) is 1. The van der Waals surface area contributed by atoms with E-state index in [9.17, 15) is 9.59 Å². The Kier molecular flexibility index (Phi) is 5.30. The van der Waals surface area contributed by atoms with Crippen LogP contribution in [0.1, 0.15) is 40.5 Å². The Morgan fingerprint density at radius 3 is 2.20 bits per heavy atom. The topological polar surface area (TPSA) is 55.4 Å². The van der Waals surface area contributed by atoms with Crippen LogP contribution in [-0.2, 0) is 0 Å². The zero-order chi connectivity index (χ0) is 18.0. The summed E-state index contributed by atoms with van der Waals surface area (Å²) in [6.07, 6.45) is 2.33. The van der Waals surface area contributed by atoms with Gasteiger partial charge >= 0.3 is 0 Å². The van der Waals surface area contributed by atoms with Crippen LogP contribution in [-0.4, -0.2) is 18.3 Å². The van der Waals surface area contributed by atoms with Crippen molar-refractivity contribution in [1.29, 1.82) is 0 Å². The zero-order valence-electron chi connectivity index (χ0n) is 13.6. The van der Waals surface area contributed by atoms with Gasteiger partial charge in [-0.2, -0.15) is 0 Å². The Morgan fingerprint density at radius 2 is 1.68 bits per heavy atom. The molecule has 0 unspecified atom stereocenters. The molecule has 0 radical (unpaired) electrons. The number of amides is 1. The molecule has 0 atom stereocenters. The van der Waals surface area contributed by atoms with Gasteiger partial charge in [0.2, 0.25) is 0 Å². The molecule has 0 aliphatic heterocycles. The molecule has 130 valence electrons. The minimum atomic E-state index is -0.340. The first-order chi connectivity index (χ1) is 11.9. The highest BCUT2D eigenvalue weighted by molar-refractivity contribution is 6.37. The lowest BCUT2D eigenvalue weighted by Gasteiger charge is -2.12. The molecule has 1 fully saturated rings. The number of carbonyl (C=O) groups excluding carboxylic acids is 2. The summed E-state index contributed by atoms with van der Waals surface area (Å²) in [5.41, 5.74) is 1.50. The van der Waals surface area contributed by atoms with Crippen molar-refractivity contribution in [3.8, 4) is 5.75 Å². The number of ketones is 1. The molecular weight excluding hydrogens is 361 g/mol. The molecule has 0 spiro atoms. The Morgan fingerprint density at radius 1 is 1.08 bits per heavy atom. The lowest BCUT2D eigenvalue weighted by atomic mass is 10.1. The van der Waals surface area contributed by atoms with Gasteiger partial charge in [-0.15, -0.1) is 0 Å². The van der Waals surface area contributed by atoms with Crippen LogP contribution in [0.4, 0.5) is 5.69 Å². The van der Waals surface area contributed by atoms with Crippen LogP contribution in [0, 0.1) is 5.92 Å². The fourth-order valence-corrected chi connectivity index (χ4v) is 2.90. The lowest BCUT2D eigenvalue weighted by Crippen LogP contribution is -2.12. The number of carbonyl (C=O) groups is 2. The third kappa shape index (κ3) is 4.53. The van der Waals surface area contributed by atoms with Crippen molar-refractivity contribution in [2.24, 2.45) is 5.92 Å². The number of halogens is 2. The maximum atomic E-state index is 12.4. The second-order valence-electron chi connectivity index (χ2n) is 6.11. The van der Waals surface area contributed by atoms with E-state index in [1.807, 2.05) is 0 Å². The molecule has 1 saturated carbocycles. The van der Waals surface area contributed by atoms with Crippen LogP contribution in [0.3, 0.4) is 0 Å². The molecule has 3 rings (SSSR count). The predicted octanol–water partition coefficient (Wildman–Crippen LogP) is 5.24. The van der Waals surface area contributed by atoms with E-state index in [1.165, 1.54) is 19.1 Å². The quantitative estimate of drug-likeness (QED) is 0.700. The third-order valence-electron chi connectivity index (χ3n) is 3.97. The molecule has 1 N–H and O–H groups in total. The standard InChI is InChI=1S/C19H17Cl2NO3/c1-11(23)13-4-6-15(7-5-13)22-19(24)14-8-16(20)18(17(21)9-14)25-10-12-2-3-12/h4-9,12H,2-3,10H2,1H3,(H,22,24). The molecular formula is C19H17Cl2NO3. The van der Waals surface area contributed by atoms with Gasteiger partial charge in [-0.05, 0) is 62.1 Å². The summed E-state index contributed by atoms with van der Waals surface area (Å²) in [6, 6.07) is 9.74. The molecule has 6 heteroatoms. The van der Waals surface area contributed by atoms with Crippen molar-refractivity contribution in [2.75, 3.05) is 11.9 Å². The number of benzene rings is 2. The van der Waals surface area contributed by atoms with Crippen molar-refractivity contribution in [3.63, 3.8) is 0 Å². The largest absolute Gasteiger partial charge is 0.490 e. The summed E-state index contributed by atoms with van der Waals surface area (Å²) in [5, 5.41) is 3.37. The second-order valence-corrected chi connectivity index (χ2v) is 6.93. The van der Waals surface area contributed by atoms with Gasteiger partial charge < -0.3 is 10.1 Å². The summed E-state index contributed by atoms with van der Waals surface area (Å²) in [4.78, 5) is 23.7. The number of ether oxygens (including phenoxy) is 1. The van der Waals surface area contributed by atoms with Crippen LogP contribution in [0.25, 0.3) is 0 Å². The monoisotopic (exact) mass is 377 g/mol. The molecule has 2 aromatic carbocycles. The summed E-state index contributed by atoms with van der Waals surface area (Å²) in [5.74, 6) is 0.622. The first kappa shape index (κ1) is 17.8. The van der Waals surface area contributed by atoms with Crippen molar-refractivity contribution in [2.45, 2.75) is 19.8 Å². The number of hydrogen-bond acceptors (Lipinski definition) is 3. The molecule has 0 bridgehead atoms. The summed E-state index contributed by atoms with van der Waals surface area (Å²) >= 11 is 12.4. The van der Waals surface area contributed by atoms with E-state index >= 15 is 0 Å². The normalized spacial score (nSPS) is 13.4. The molecule has 1 aliphatic rings. The van der Waals surface area contributed by atoms with Gasteiger partial charge in [0.1, 0.15) is 0 Å². The van der Waals surface area contributed by atoms with Gasteiger partial charge in [-0.25, -0.2) is 0 Å². The van der Waals surface area contributed by atoms with Crippen LogP contribution in [0.15, 0.2) is 36.4 Å². The fourth-order valence-electron chi connectivity index (χ4n) is 2.31.